The molecule has 0 atom stereocenters. The largest absolute Gasteiger partial charge is 0.506 e. The summed E-state index contributed by atoms with van der Waals surface area (Å²) in [6.45, 7) is 0. The maximum Gasteiger partial charge on any atom is 0.134 e. The zero-order valence-electron chi connectivity index (χ0n) is 13.5. The highest BCUT2D eigenvalue weighted by Crippen LogP contribution is 2.39. The van der Waals surface area contributed by atoms with Crippen molar-refractivity contribution in [2.75, 3.05) is 0 Å². The number of benzene rings is 2. The van der Waals surface area contributed by atoms with Gasteiger partial charge in [-0.25, -0.2) is 4.98 Å². The van der Waals surface area contributed by atoms with Gasteiger partial charge in [-0.1, -0.05) is 11.6 Å². The fourth-order valence-electron chi connectivity index (χ4n) is 3.94. The molecule has 25 heavy (non-hydrogen) atoms. The minimum atomic E-state index is 0.0974. The van der Waals surface area contributed by atoms with Crippen molar-refractivity contribution in [2.24, 2.45) is 0 Å². The van der Waals surface area contributed by atoms with Crippen LogP contribution in [0.5, 0.6) is 5.75 Å². The molecule has 5 heteroatoms. The predicted molar refractivity (Wildman–Crippen MR) is 100 cm³/mol. The fourth-order valence-corrected chi connectivity index (χ4v) is 4.12. The number of aromatic nitrogens is 3. The van der Waals surface area contributed by atoms with Gasteiger partial charge in [-0.15, -0.1) is 0 Å². The summed E-state index contributed by atoms with van der Waals surface area (Å²) in [7, 11) is 0. The zero-order valence-corrected chi connectivity index (χ0v) is 14.3. The zero-order chi connectivity index (χ0) is 17.0. The molecule has 0 spiro atoms. The second-order valence-electron chi connectivity index (χ2n) is 6.58. The molecule has 0 bridgehead atoms. The van der Waals surface area contributed by atoms with E-state index in [1.807, 2.05) is 18.3 Å². The number of phenols is 1. The Labute approximate surface area is 149 Å². The van der Waals surface area contributed by atoms with E-state index in [-0.39, 0.29) is 5.75 Å². The van der Waals surface area contributed by atoms with Crippen LogP contribution in [0.25, 0.3) is 33.1 Å². The summed E-state index contributed by atoms with van der Waals surface area (Å²) in [6, 6.07) is 9.41. The molecular formula is C20H16ClN3O. The summed E-state index contributed by atoms with van der Waals surface area (Å²) in [5.41, 5.74) is 6.63. The first-order valence-corrected chi connectivity index (χ1v) is 8.86. The van der Waals surface area contributed by atoms with E-state index >= 15 is 0 Å². The molecule has 124 valence electrons. The van der Waals surface area contributed by atoms with Gasteiger partial charge in [0.1, 0.15) is 5.75 Å². The van der Waals surface area contributed by atoms with Gasteiger partial charge in [0.25, 0.3) is 0 Å². The molecule has 2 N–H and O–H groups in total. The number of nitrogens with one attached hydrogen (secondary N) is 1. The van der Waals surface area contributed by atoms with E-state index in [2.05, 4.69) is 16.3 Å². The van der Waals surface area contributed by atoms with Crippen LogP contribution in [0.3, 0.4) is 0 Å². The molecule has 4 aromatic rings. The van der Waals surface area contributed by atoms with Crippen molar-refractivity contribution >= 4 is 33.4 Å². The number of aromatic amines is 1. The molecule has 1 aliphatic rings. The van der Waals surface area contributed by atoms with Crippen LogP contribution in [0.15, 0.2) is 36.5 Å². The average molecular weight is 350 g/mol. The third-order valence-corrected chi connectivity index (χ3v) is 5.41. The van der Waals surface area contributed by atoms with Gasteiger partial charge in [-0.05, 0) is 67.1 Å². The molecule has 0 radical (unpaired) electrons. The number of hydrogen-bond acceptors (Lipinski definition) is 3. The van der Waals surface area contributed by atoms with E-state index in [0.717, 1.165) is 40.5 Å². The fraction of sp³-hybridized carbons (Fsp3) is 0.200. The van der Waals surface area contributed by atoms with Crippen LogP contribution in [0, 0.1) is 0 Å². The normalized spacial score (nSPS) is 14.1. The van der Waals surface area contributed by atoms with Crippen molar-refractivity contribution in [1.82, 2.24) is 15.2 Å². The van der Waals surface area contributed by atoms with Gasteiger partial charge in [0.05, 0.1) is 27.9 Å². The SMILES string of the molecule is Oc1ccc(-c2nc3ccc4[nH]ncc4c3c3c2CCCC3)cc1Cl. The van der Waals surface area contributed by atoms with Crippen molar-refractivity contribution in [2.45, 2.75) is 25.7 Å². The molecule has 5 rings (SSSR count). The first-order chi connectivity index (χ1) is 12.2. The lowest BCUT2D eigenvalue weighted by Crippen LogP contribution is -2.07. The number of aryl methyl sites for hydroxylation is 1. The highest BCUT2D eigenvalue weighted by atomic mass is 35.5. The number of H-pyrrole nitrogens is 1. The van der Waals surface area contributed by atoms with Gasteiger partial charge < -0.3 is 5.11 Å². The first-order valence-electron chi connectivity index (χ1n) is 8.49. The molecule has 2 heterocycles. The first kappa shape index (κ1) is 14.7. The van der Waals surface area contributed by atoms with Crippen molar-refractivity contribution in [3.8, 4) is 17.0 Å². The number of phenolic OH excluding ortho intramolecular Hbond substituents is 1. The number of rotatable bonds is 1. The molecule has 0 fully saturated rings. The molecular weight excluding hydrogens is 334 g/mol. The van der Waals surface area contributed by atoms with E-state index in [0.29, 0.717) is 5.02 Å². The lowest BCUT2D eigenvalue weighted by molar-refractivity contribution is 0.475. The average Bonchev–Trinajstić information content (AvgIpc) is 3.12. The Morgan fingerprint density at radius 3 is 2.72 bits per heavy atom. The monoisotopic (exact) mass is 349 g/mol. The minimum Gasteiger partial charge on any atom is -0.506 e. The van der Waals surface area contributed by atoms with Gasteiger partial charge in [-0.3, -0.25) is 5.10 Å². The van der Waals surface area contributed by atoms with Crippen LogP contribution < -0.4 is 0 Å². The van der Waals surface area contributed by atoms with E-state index in [1.54, 1.807) is 12.1 Å². The van der Waals surface area contributed by atoms with Crippen molar-refractivity contribution < 1.29 is 5.11 Å². The van der Waals surface area contributed by atoms with E-state index in [4.69, 9.17) is 16.6 Å². The van der Waals surface area contributed by atoms with Gasteiger partial charge in [0.15, 0.2) is 0 Å². The van der Waals surface area contributed by atoms with E-state index < -0.39 is 0 Å². The number of fused-ring (bicyclic) bond motifs is 5. The number of hydrogen-bond donors (Lipinski definition) is 2. The number of pyridine rings is 1. The predicted octanol–water partition coefficient (Wildman–Crippen LogP) is 5.02. The Balaban J connectivity index is 1.88. The molecule has 0 amide bonds. The summed E-state index contributed by atoms with van der Waals surface area (Å²) < 4.78 is 0. The standard InChI is InChI=1S/C20H16ClN3O/c21-15-9-11(5-8-18(15)25)20-13-4-2-1-3-12(13)19-14-10-22-24-16(14)6-7-17(19)23-20/h5-10,25H,1-4H2,(H,22,24). The van der Waals surface area contributed by atoms with Crippen molar-refractivity contribution in [1.29, 1.82) is 0 Å². The number of halogens is 1. The van der Waals surface area contributed by atoms with Gasteiger partial charge >= 0.3 is 0 Å². The summed E-state index contributed by atoms with van der Waals surface area (Å²) >= 11 is 6.14. The topological polar surface area (TPSA) is 61.8 Å². The van der Waals surface area contributed by atoms with Crippen LogP contribution >= 0.6 is 11.6 Å². The van der Waals surface area contributed by atoms with Crippen molar-refractivity contribution in [3.05, 3.63) is 52.7 Å². The third kappa shape index (κ3) is 2.21. The summed E-state index contributed by atoms with van der Waals surface area (Å²) in [5, 5.41) is 19.7. The number of nitrogens with zero attached hydrogens (tertiary/aromatic N) is 2. The quantitative estimate of drug-likeness (QED) is 0.507. The lowest BCUT2D eigenvalue weighted by atomic mass is 9.85. The Bertz CT molecular complexity index is 1130. The van der Waals surface area contributed by atoms with Crippen LogP contribution in [0.2, 0.25) is 5.02 Å². The Morgan fingerprint density at radius 2 is 1.88 bits per heavy atom. The molecule has 4 nitrogen and oxygen atoms in total. The van der Waals surface area contributed by atoms with Crippen LogP contribution in [0.1, 0.15) is 24.0 Å². The summed E-state index contributed by atoms with van der Waals surface area (Å²) in [4.78, 5) is 4.98. The van der Waals surface area contributed by atoms with Crippen LogP contribution in [-0.2, 0) is 12.8 Å². The minimum absolute atomic E-state index is 0.0974. The Kier molecular flexibility index (Phi) is 3.22. The van der Waals surface area contributed by atoms with Gasteiger partial charge in [0.2, 0.25) is 0 Å². The van der Waals surface area contributed by atoms with Crippen LogP contribution in [0.4, 0.5) is 0 Å². The highest BCUT2D eigenvalue weighted by Gasteiger charge is 2.21. The molecule has 0 aliphatic heterocycles. The van der Waals surface area contributed by atoms with Gasteiger partial charge in [0, 0.05) is 16.3 Å². The second-order valence-corrected chi connectivity index (χ2v) is 6.99. The van der Waals surface area contributed by atoms with E-state index in [9.17, 15) is 5.11 Å². The Morgan fingerprint density at radius 1 is 1.04 bits per heavy atom. The molecule has 2 aromatic carbocycles. The molecule has 0 saturated heterocycles. The van der Waals surface area contributed by atoms with Crippen LogP contribution in [-0.4, -0.2) is 20.3 Å². The number of aromatic hydroxyl groups is 1. The highest BCUT2D eigenvalue weighted by molar-refractivity contribution is 6.32. The second kappa shape index (κ2) is 5.46. The molecule has 0 unspecified atom stereocenters. The molecule has 1 aliphatic carbocycles. The summed E-state index contributed by atoms with van der Waals surface area (Å²) in [6.07, 6.45) is 6.32. The lowest BCUT2D eigenvalue weighted by Gasteiger charge is -2.22. The van der Waals surface area contributed by atoms with Crippen molar-refractivity contribution in [3.63, 3.8) is 0 Å². The summed E-state index contributed by atoms with van der Waals surface area (Å²) in [5.74, 6) is 0.0974. The van der Waals surface area contributed by atoms with Gasteiger partial charge in [-0.2, -0.15) is 5.10 Å². The smallest absolute Gasteiger partial charge is 0.134 e. The Hall–Kier alpha value is -2.59. The molecule has 0 saturated carbocycles. The maximum atomic E-state index is 9.73. The van der Waals surface area contributed by atoms with E-state index in [1.165, 1.54) is 29.4 Å². The molecule has 2 aromatic heterocycles. The maximum absolute atomic E-state index is 9.73. The third-order valence-electron chi connectivity index (χ3n) is 5.11.